The van der Waals surface area contributed by atoms with Crippen molar-refractivity contribution in [2.45, 2.75) is 23.6 Å². The van der Waals surface area contributed by atoms with Crippen LogP contribution in [-0.4, -0.2) is 9.36 Å². The Hall–Kier alpha value is -0.980. The van der Waals surface area contributed by atoms with Gasteiger partial charge in [0.25, 0.3) is 0 Å². The van der Waals surface area contributed by atoms with Crippen LogP contribution in [0.3, 0.4) is 0 Å². The van der Waals surface area contributed by atoms with Gasteiger partial charge in [0.2, 0.25) is 0 Å². The highest BCUT2D eigenvalue weighted by Gasteiger charge is 2.04. The highest BCUT2D eigenvalue weighted by atomic mass is 32.2. The molecule has 0 spiro atoms. The SMILES string of the molecule is Cc1nsc(SCc2cc(F)cc(CN)c2)n1. The Morgan fingerprint density at radius 1 is 1.35 bits per heavy atom. The smallest absolute Gasteiger partial charge is 0.170 e. The summed E-state index contributed by atoms with van der Waals surface area (Å²) in [6.07, 6.45) is 0. The normalized spacial score (nSPS) is 10.8. The lowest BCUT2D eigenvalue weighted by molar-refractivity contribution is 0.624. The number of halogens is 1. The van der Waals surface area contributed by atoms with Gasteiger partial charge in [-0.2, -0.15) is 4.37 Å². The van der Waals surface area contributed by atoms with Crippen LogP contribution >= 0.6 is 23.3 Å². The predicted molar refractivity (Wildman–Crippen MR) is 68.5 cm³/mol. The molecule has 90 valence electrons. The number of benzene rings is 1. The molecule has 0 aliphatic rings. The molecule has 0 radical (unpaired) electrons. The zero-order valence-corrected chi connectivity index (χ0v) is 10.9. The van der Waals surface area contributed by atoms with E-state index in [9.17, 15) is 4.39 Å². The average molecular weight is 269 g/mol. The maximum Gasteiger partial charge on any atom is 0.170 e. The summed E-state index contributed by atoms with van der Waals surface area (Å²) in [5.41, 5.74) is 7.24. The van der Waals surface area contributed by atoms with Crippen LogP contribution in [-0.2, 0) is 12.3 Å². The van der Waals surface area contributed by atoms with Gasteiger partial charge in [-0.1, -0.05) is 17.8 Å². The number of hydrogen-bond acceptors (Lipinski definition) is 5. The Morgan fingerprint density at radius 3 is 2.76 bits per heavy atom. The van der Waals surface area contributed by atoms with Crippen molar-refractivity contribution in [3.63, 3.8) is 0 Å². The van der Waals surface area contributed by atoms with Crippen LogP contribution in [0, 0.1) is 12.7 Å². The maximum absolute atomic E-state index is 13.3. The first kappa shape index (κ1) is 12.5. The molecule has 0 saturated heterocycles. The molecule has 0 aliphatic heterocycles. The van der Waals surface area contributed by atoms with Gasteiger partial charge in [0.1, 0.15) is 11.6 Å². The third-order valence-electron chi connectivity index (χ3n) is 2.12. The Kier molecular flexibility index (Phi) is 4.09. The summed E-state index contributed by atoms with van der Waals surface area (Å²) in [5, 5.41) is 0. The molecule has 0 atom stereocenters. The van der Waals surface area contributed by atoms with Gasteiger partial charge in [-0.05, 0) is 41.7 Å². The van der Waals surface area contributed by atoms with Crippen LogP contribution in [0.5, 0.6) is 0 Å². The molecule has 2 aromatic rings. The van der Waals surface area contributed by atoms with Gasteiger partial charge in [0, 0.05) is 12.3 Å². The van der Waals surface area contributed by atoms with Crippen LogP contribution in [0.25, 0.3) is 0 Å². The Labute approximate surface area is 107 Å². The number of rotatable bonds is 4. The molecule has 3 nitrogen and oxygen atoms in total. The highest BCUT2D eigenvalue weighted by Crippen LogP contribution is 2.25. The number of aryl methyl sites for hydroxylation is 1. The Bertz CT molecular complexity index is 513. The van der Waals surface area contributed by atoms with Crippen LogP contribution < -0.4 is 5.73 Å². The number of nitrogens with two attached hydrogens (primary N) is 1. The highest BCUT2D eigenvalue weighted by molar-refractivity contribution is 8.00. The van der Waals surface area contributed by atoms with E-state index in [-0.39, 0.29) is 5.82 Å². The first-order valence-electron chi connectivity index (χ1n) is 5.09. The van der Waals surface area contributed by atoms with Crippen molar-refractivity contribution in [1.82, 2.24) is 9.36 Å². The number of nitrogens with zero attached hydrogens (tertiary/aromatic N) is 2. The molecule has 1 heterocycles. The van der Waals surface area contributed by atoms with E-state index in [0.717, 1.165) is 21.3 Å². The molecule has 2 rings (SSSR count). The van der Waals surface area contributed by atoms with Crippen LogP contribution in [0.1, 0.15) is 17.0 Å². The lowest BCUT2D eigenvalue weighted by atomic mass is 10.1. The third-order valence-corrected chi connectivity index (χ3v) is 4.12. The minimum Gasteiger partial charge on any atom is -0.326 e. The van der Waals surface area contributed by atoms with E-state index in [1.165, 1.54) is 23.7 Å². The second kappa shape index (κ2) is 5.57. The fourth-order valence-corrected chi connectivity index (χ4v) is 2.98. The standard InChI is InChI=1S/C11H12FN3S2/c1-7-14-11(17-15-7)16-6-9-2-8(5-13)3-10(12)4-9/h2-4H,5-6,13H2,1H3. The van der Waals surface area contributed by atoms with Crippen molar-refractivity contribution in [3.8, 4) is 0 Å². The summed E-state index contributed by atoms with van der Waals surface area (Å²) in [6, 6.07) is 4.91. The van der Waals surface area contributed by atoms with Crippen molar-refractivity contribution in [1.29, 1.82) is 0 Å². The molecular weight excluding hydrogens is 257 g/mol. The summed E-state index contributed by atoms with van der Waals surface area (Å²) in [5.74, 6) is 1.22. The minimum atomic E-state index is -0.239. The lowest BCUT2D eigenvalue weighted by Gasteiger charge is -2.03. The van der Waals surface area contributed by atoms with E-state index in [2.05, 4.69) is 9.36 Å². The number of hydrogen-bond donors (Lipinski definition) is 1. The molecule has 1 aromatic heterocycles. The van der Waals surface area contributed by atoms with Gasteiger partial charge in [-0.3, -0.25) is 0 Å². The largest absolute Gasteiger partial charge is 0.326 e. The topological polar surface area (TPSA) is 51.8 Å². The van der Waals surface area contributed by atoms with E-state index in [1.807, 2.05) is 13.0 Å². The summed E-state index contributed by atoms with van der Waals surface area (Å²) >= 11 is 2.93. The minimum absolute atomic E-state index is 0.239. The quantitative estimate of drug-likeness (QED) is 0.867. The van der Waals surface area contributed by atoms with Crippen LogP contribution in [0.2, 0.25) is 0 Å². The zero-order chi connectivity index (χ0) is 12.3. The predicted octanol–water partition coefficient (Wildman–Crippen LogP) is 2.74. The molecule has 6 heteroatoms. The van der Waals surface area contributed by atoms with E-state index >= 15 is 0 Å². The number of aromatic nitrogens is 2. The van der Waals surface area contributed by atoms with Crippen molar-refractivity contribution in [2.24, 2.45) is 5.73 Å². The van der Waals surface area contributed by atoms with Crippen LogP contribution in [0.4, 0.5) is 4.39 Å². The van der Waals surface area contributed by atoms with Crippen LogP contribution in [0.15, 0.2) is 22.5 Å². The molecule has 0 aliphatic carbocycles. The van der Waals surface area contributed by atoms with Crippen molar-refractivity contribution >= 4 is 23.3 Å². The first-order valence-corrected chi connectivity index (χ1v) is 6.85. The Morgan fingerprint density at radius 2 is 2.12 bits per heavy atom. The maximum atomic E-state index is 13.3. The third kappa shape index (κ3) is 3.49. The molecule has 17 heavy (non-hydrogen) atoms. The van der Waals surface area contributed by atoms with Gasteiger partial charge in [0.15, 0.2) is 4.34 Å². The summed E-state index contributed by atoms with van der Waals surface area (Å²) in [6.45, 7) is 2.21. The summed E-state index contributed by atoms with van der Waals surface area (Å²) in [7, 11) is 0. The molecule has 2 N–H and O–H groups in total. The van der Waals surface area contributed by atoms with E-state index in [0.29, 0.717) is 12.3 Å². The van der Waals surface area contributed by atoms with Gasteiger partial charge in [-0.25, -0.2) is 9.37 Å². The average Bonchev–Trinajstić information content (AvgIpc) is 2.72. The Balaban J connectivity index is 2.05. The van der Waals surface area contributed by atoms with Gasteiger partial charge in [0.05, 0.1) is 0 Å². The fourth-order valence-electron chi connectivity index (χ4n) is 1.40. The molecule has 0 unspecified atom stereocenters. The molecule has 0 saturated carbocycles. The van der Waals surface area contributed by atoms with E-state index < -0.39 is 0 Å². The summed E-state index contributed by atoms with van der Waals surface area (Å²) < 4.78 is 18.3. The monoisotopic (exact) mass is 269 g/mol. The second-order valence-electron chi connectivity index (χ2n) is 3.57. The van der Waals surface area contributed by atoms with E-state index in [4.69, 9.17) is 5.73 Å². The van der Waals surface area contributed by atoms with Crippen molar-refractivity contribution in [2.75, 3.05) is 0 Å². The number of thioether (sulfide) groups is 1. The second-order valence-corrected chi connectivity index (χ2v) is 5.54. The lowest BCUT2D eigenvalue weighted by Crippen LogP contribution is -1.98. The first-order chi connectivity index (χ1) is 8.17. The van der Waals surface area contributed by atoms with Gasteiger partial charge < -0.3 is 5.73 Å². The van der Waals surface area contributed by atoms with E-state index in [1.54, 1.807) is 11.8 Å². The summed E-state index contributed by atoms with van der Waals surface area (Å²) in [4.78, 5) is 4.24. The van der Waals surface area contributed by atoms with Gasteiger partial charge >= 0.3 is 0 Å². The molecule has 0 bridgehead atoms. The van der Waals surface area contributed by atoms with Gasteiger partial charge in [-0.15, -0.1) is 0 Å². The fraction of sp³-hybridized carbons (Fsp3) is 0.273. The molecular formula is C11H12FN3S2. The molecule has 0 fully saturated rings. The molecule has 0 amide bonds. The molecule has 1 aromatic carbocycles. The van der Waals surface area contributed by atoms with Crippen molar-refractivity contribution < 1.29 is 4.39 Å². The van der Waals surface area contributed by atoms with Crippen molar-refractivity contribution in [3.05, 3.63) is 41.0 Å². The zero-order valence-electron chi connectivity index (χ0n) is 9.31.